The molecule has 0 bridgehead atoms. The molecular weight excluding hydrogens is 278 g/mol. The van der Waals surface area contributed by atoms with Gasteiger partial charge in [0.1, 0.15) is 5.54 Å². The van der Waals surface area contributed by atoms with Crippen LogP contribution >= 0.6 is 11.3 Å². The summed E-state index contributed by atoms with van der Waals surface area (Å²) in [6.07, 6.45) is 5.76. The van der Waals surface area contributed by atoms with E-state index in [9.17, 15) is 14.7 Å². The van der Waals surface area contributed by atoms with Crippen molar-refractivity contribution in [1.82, 2.24) is 10.3 Å². The number of nitrogens with one attached hydrogen (secondary N) is 2. The van der Waals surface area contributed by atoms with Crippen molar-refractivity contribution in [2.24, 2.45) is 0 Å². The van der Waals surface area contributed by atoms with Crippen LogP contribution in [0.4, 0.5) is 9.93 Å². The van der Waals surface area contributed by atoms with Gasteiger partial charge in [-0.05, 0) is 32.1 Å². The highest BCUT2D eigenvalue weighted by molar-refractivity contribution is 7.15. The molecule has 0 radical (unpaired) electrons. The fourth-order valence-corrected chi connectivity index (χ4v) is 4.01. The van der Waals surface area contributed by atoms with E-state index >= 15 is 0 Å². The predicted octanol–water partition coefficient (Wildman–Crippen LogP) is 2.15. The van der Waals surface area contributed by atoms with Gasteiger partial charge in [0.15, 0.2) is 5.13 Å². The summed E-state index contributed by atoms with van der Waals surface area (Å²) in [5.41, 5.74) is -0.0384. The van der Waals surface area contributed by atoms with Gasteiger partial charge in [0, 0.05) is 4.88 Å². The standard InChI is InChI=1S/C13H17N3O3S/c17-10(18)13(6-1-2-7-13)16-11(19)15-12-14-8-4-3-5-9(8)20-12/h1-7H2,(H,17,18)(H2,14,15,16,19). The van der Waals surface area contributed by atoms with Crippen molar-refractivity contribution in [3.63, 3.8) is 0 Å². The number of urea groups is 1. The van der Waals surface area contributed by atoms with E-state index in [1.807, 2.05) is 0 Å². The summed E-state index contributed by atoms with van der Waals surface area (Å²) in [6.45, 7) is 0. The third kappa shape index (κ3) is 2.37. The number of aliphatic carboxylic acids is 1. The minimum atomic E-state index is -1.11. The number of rotatable bonds is 3. The van der Waals surface area contributed by atoms with Gasteiger partial charge in [-0.2, -0.15) is 0 Å². The minimum absolute atomic E-state index is 0.471. The largest absolute Gasteiger partial charge is 0.480 e. The van der Waals surface area contributed by atoms with Crippen molar-refractivity contribution in [3.05, 3.63) is 10.6 Å². The van der Waals surface area contributed by atoms with Crippen LogP contribution in [0, 0.1) is 0 Å². The molecule has 1 fully saturated rings. The normalized spacial score (nSPS) is 19.6. The highest BCUT2D eigenvalue weighted by atomic mass is 32.1. The van der Waals surface area contributed by atoms with Gasteiger partial charge in [0.2, 0.25) is 0 Å². The van der Waals surface area contributed by atoms with Crippen LogP contribution < -0.4 is 10.6 Å². The Hall–Kier alpha value is -1.63. The summed E-state index contributed by atoms with van der Waals surface area (Å²) in [7, 11) is 0. The lowest BCUT2D eigenvalue weighted by Gasteiger charge is -2.24. The molecule has 1 aromatic heterocycles. The number of aryl methyl sites for hydroxylation is 2. The number of hydrogen-bond donors (Lipinski definition) is 3. The second-order valence-electron chi connectivity index (χ2n) is 5.42. The number of thiazole rings is 1. The van der Waals surface area contributed by atoms with Crippen molar-refractivity contribution in [1.29, 1.82) is 0 Å². The second-order valence-corrected chi connectivity index (χ2v) is 6.50. The molecule has 2 amide bonds. The molecule has 1 saturated carbocycles. The van der Waals surface area contributed by atoms with Crippen LogP contribution in [0.25, 0.3) is 0 Å². The molecular formula is C13H17N3O3S. The third-order valence-electron chi connectivity index (χ3n) is 4.04. The van der Waals surface area contributed by atoms with Gasteiger partial charge < -0.3 is 10.4 Å². The first kappa shape index (κ1) is 13.4. The van der Waals surface area contributed by atoms with Crippen molar-refractivity contribution < 1.29 is 14.7 Å². The Morgan fingerprint density at radius 1 is 1.20 bits per heavy atom. The Bertz CT molecular complexity index is 528. The van der Waals surface area contributed by atoms with Gasteiger partial charge in [-0.1, -0.05) is 12.8 Å². The zero-order chi connectivity index (χ0) is 14.2. The van der Waals surface area contributed by atoms with Gasteiger partial charge in [-0.25, -0.2) is 14.6 Å². The molecule has 0 aromatic carbocycles. The first-order chi connectivity index (χ1) is 9.59. The monoisotopic (exact) mass is 295 g/mol. The maximum Gasteiger partial charge on any atom is 0.329 e. The first-order valence-electron chi connectivity index (χ1n) is 6.90. The van der Waals surface area contributed by atoms with Crippen molar-refractivity contribution in [2.45, 2.75) is 50.5 Å². The molecule has 0 unspecified atom stereocenters. The number of anilines is 1. The third-order valence-corrected chi connectivity index (χ3v) is 5.11. The van der Waals surface area contributed by atoms with E-state index < -0.39 is 17.5 Å². The smallest absolute Gasteiger partial charge is 0.329 e. The van der Waals surface area contributed by atoms with Crippen molar-refractivity contribution >= 4 is 28.5 Å². The molecule has 0 aliphatic heterocycles. The molecule has 1 heterocycles. The summed E-state index contributed by atoms with van der Waals surface area (Å²) in [4.78, 5) is 29.0. The molecule has 3 rings (SSSR count). The van der Waals surface area contributed by atoms with Gasteiger partial charge in [0.05, 0.1) is 5.69 Å². The number of hydrogen-bond acceptors (Lipinski definition) is 4. The van der Waals surface area contributed by atoms with Crippen molar-refractivity contribution in [3.8, 4) is 0 Å². The number of carbonyl (C=O) groups excluding carboxylic acids is 1. The molecule has 6 nitrogen and oxygen atoms in total. The van der Waals surface area contributed by atoms with Crippen LogP contribution in [-0.4, -0.2) is 27.6 Å². The van der Waals surface area contributed by atoms with E-state index in [-0.39, 0.29) is 0 Å². The summed E-state index contributed by atoms with van der Waals surface area (Å²) < 4.78 is 0. The molecule has 0 saturated heterocycles. The zero-order valence-corrected chi connectivity index (χ0v) is 11.9. The Kier molecular flexibility index (Phi) is 3.37. The number of carboxylic acids is 1. The molecule has 7 heteroatoms. The van der Waals surface area contributed by atoms with Crippen molar-refractivity contribution in [2.75, 3.05) is 5.32 Å². The maximum absolute atomic E-state index is 12.0. The molecule has 2 aliphatic carbocycles. The average Bonchev–Trinajstić information content (AvgIpc) is 3.04. The number of nitrogens with zero attached hydrogens (tertiary/aromatic N) is 1. The van der Waals surface area contributed by atoms with Gasteiger partial charge in [0.25, 0.3) is 0 Å². The molecule has 108 valence electrons. The van der Waals surface area contributed by atoms with E-state index in [0.717, 1.165) is 37.8 Å². The van der Waals surface area contributed by atoms with Crippen LogP contribution in [0.3, 0.4) is 0 Å². The molecule has 1 aromatic rings. The summed E-state index contributed by atoms with van der Waals surface area (Å²) in [5, 5.41) is 15.2. The molecule has 20 heavy (non-hydrogen) atoms. The topological polar surface area (TPSA) is 91.3 Å². The Labute approximate surface area is 120 Å². The lowest BCUT2D eigenvalue weighted by atomic mass is 9.98. The lowest BCUT2D eigenvalue weighted by Crippen LogP contribution is -2.53. The first-order valence-corrected chi connectivity index (χ1v) is 7.72. The summed E-state index contributed by atoms with van der Waals surface area (Å²) in [6, 6.07) is -0.471. The van der Waals surface area contributed by atoms with E-state index in [0.29, 0.717) is 18.0 Å². The fourth-order valence-electron chi connectivity index (χ4n) is 2.96. The van der Waals surface area contributed by atoms with E-state index in [4.69, 9.17) is 0 Å². The van der Waals surface area contributed by atoms with Gasteiger partial charge in [-0.3, -0.25) is 5.32 Å². The van der Waals surface area contributed by atoms with E-state index in [1.54, 1.807) is 0 Å². The number of fused-ring (bicyclic) bond motifs is 1. The number of amides is 2. The number of carboxylic acid groups (broad SMARTS) is 1. The van der Waals surface area contributed by atoms with Crippen LogP contribution in [-0.2, 0) is 17.6 Å². The SMILES string of the molecule is O=C(Nc1nc2c(s1)CCC2)NC1(C(=O)O)CCCC1. The second kappa shape index (κ2) is 5.05. The predicted molar refractivity (Wildman–Crippen MR) is 75.1 cm³/mol. The fraction of sp³-hybridized carbons (Fsp3) is 0.615. The molecule has 0 atom stereocenters. The Balaban J connectivity index is 1.65. The molecule has 0 spiro atoms. The van der Waals surface area contributed by atoms with Crippen LogP contribution in [0.5, 0.6) is 0 Å². The van der Waals surface area contributed by atoms with E-state index in [1.165, 1.54) is 16.2 Å². The summed E-state index contributed by atoms with van der Waals surface area (Å²) in [5.74, 6) is -0.952. The van der Waals surface area contributed by atoms with Crippen LogP contribution in [0.1, 0.15) is 42.7 Å². The van der Waals surface area contributed by atoms with Crippen LogP contribution in [0.15, 0.2) is 0 Å². The lowest BCUT2D eigenvalue weighted by molar-refractivity contribution is -0.144. The molecule has 3 N–H and O–H groups in total. The highest BCUT2D eigenvalue weighted by Gasteiger charge is 2.42. The summed E-state index contributed by atoms with van der Waals surface area (Å²) >= 11 is 1.49. The number of aromatic nitrogens is 1. The molecule has 2 aliphatic rings. The number of carbonyl (C=O) groups is 2. The van der Waals surface area contributed by atoms with E-state index in [2.05, 4.69) is 15.6 Å². The Morgan fingerprint density at radius 2 is 1.95 bits per heavy atom. The highest BCUT2D eigenvalue weighted by Crippen LogP contribution is 2.32. The minimum Gasteiger partial charge on any atom is -0.480 e. The Morgan fingerprint density at radius 3 is 2.60 bits per heavy atom. The van der Waals surface area contributed by atoms with Gasteiger partial charge in [-0.15, -0.1) is 11.3 Å². The van der Waals surface area contributed by atoms with Gasteiger partial charge >= 0.3 is 12.0 Å². The van der Waals surface area contributed by atoms with Crippen LogP contribution in [0.2, 0.25) is 0 Å². The maximum atomic E-state index is 12.0. The quantitative estimate of drug-likeness (QED) is 0.797. The zero-order valence-electron chi connectivity index (χ0n) is 11.1. The average molecular weight is 295 g/mol.